The smallest absolute Gasteiger partial charge is 0.258 e. The molecule has 0 spiro atoms. The second-order valence-electron chi connectivity index (χ2n) is 7.16. The maximum absolute atomic E-state index is 12.8. The number of aliphatic imine (C=N–C) groups is 1. The molecule has 0 saturated heterocycles. The summed E-state index contributed by atoms with van der Waals surface area (Å²) in [6.45, 7) is 1.66. The third-order valence-corrected chi connectivity index (χ3v) is 5.62. The first kappa shape index (κ1) is 24.4. The van der Waals surface area contributed by atoms with Gasteiger partial charge in [-0.1, -0.05) is 47.1 Å². The molecule has 4 rings (SSSR count). The van der Waals surface area contributed by atoms with Gasteiger partial charge in [0.25, 0.3) is 11.8 Å². The monoisotopic (exact) mass is 527 g/mol. The lowest BCUT2D eigenvalue weighted by atomic mass is 10.1. The maximum atomic E-state index is 12.8. The number of amidine groups is 1. The highest BCUT2D eigenvalue weighted by Gasteiger charge is 2.18. The van der Waals surface area contributed by atoms with Crippen molar-refractivity contribution in [1.29, 1.82) is 0 Å². The highest BCUT2D eigenvalue weighted by atomic mass is 79.9. The molecule has 2 aromatic carbocycles. The Labute approximate surface area is 206 Å². The zero-order valence-corrected chi connectivity index (χ0v) is 19.4. The molecule has 9 heteroatoms. The van der Waals surface area contributed by atoms with Crippen LogP contribution in [0.3, 0.4) is 0 Å². The van der Waals surface area contributed by atoms with Crippen molar-refractivity contribution in [3.05, 3.63) is 87.0 Å². The number of hydrogen-bond acceptors (Lipinski definition) is 5. The minimum atomic E-state index is -0.408. The Hall–Kier alpha value is -3.23. The fourth-order valence-electron chi connectivity index (χ4n) is 3.26. The van der Waals surface area contributed by atoms with E-state index in [1.54, 1.807) is 42.5 Å². The van der Waals surface area contributed by atoms with Gasteiger partial charge in [0.2, 0.25) is 0 Å². The van der Waals surface area contributed by atoms with E-state index >= 15 is 0 Å². The van der Waals surface area contributed by atoms with Crippen LogP contribution in [0.2, 0.25) is 5.02 Å². The molecule has 2 N–H and O–H groups in total. The number of aromatic nitrogens is 1. The number of pyridine rings is 1. The van der Waals surface area contributed by atoms with Crippen molar-refractivity contribution in [2.45, 2.75) is 7.43 Å². The van der Waals surface area contributed by atoms with Crippen molar-refractivity contribution in [2.24, 2.45) is 4.99 Å². The molecule has 3 aromatic rings. The lowest BCUT2D eigenvalue weighted by Gasteiger charge is -2.14. The van der Waals surface area contributed by atoms with Crippen LogP contribution in [0.5, 0.6) is 0 Å². The van der Waals surface area contributed by atoms with E-state index in [1.165, 1.54) is 6.20 Å². The van der Waals surface area contributed by atoms with E-state index < -0.39 is 5.91 Å². The standard InChI is InChI=1S/C23H19BrClN5O2.CH4/c1-30-11-10-26-21(30)14-2-4-15(5-3-14)22(31)28-19-8-6-16(24)12-18(19)23(32)29-20-9-7-17(25)13-27-20;/h2-9,12-13H,10-11H2,1H3,(H,28,31)(H,27,29,32);1H4. The average Bonchev–Trinajstić information content (AvgIpc) is 3.22. The van der Waals surface area contributed by atoms with Crippen molar-refractivity contribution >= 4 is 56.7 Å². The van der Waals surface area contributed by atoms with Crippen LogP contribution in [0, 0.1) is 0 Å². The Balaban J connectivity index is 0.00000306. The number of benzene rings is 2. The van der Waals surface area contributed by atoms with Gasteiger partial charge in [0, 0.05) is 35.4 Å². The zero-order chi connectivity index (χ0) is 22.7. The van der Waals surface area contributed by atoms with Crippen LogP contribution in [0.25, 0.3) is 0 Å². The van der Waals surface area contributed by atoms with Gasteiger partial charge in [-0.05, 0) is 42.5 Å². The largest absolute Gasteiger partial charge is 0.358 e. The summed E-state index contributed by atoms with van der Waals surface area (Å²) in [7, 11) is 1.99. The Kier molecular flexibility index (Phi) is 7.84. The van der Waals surface area contributed by atoms with E-state index in [1.807, 2.05) is 19.2 Å². The second-order valence-corrected chi connectivity index (χ2v) is 8.52. The topological polar surface area (TPSA) is 86.7 Å². The van der Waals surface area contributed by atoms with Gasteiger partial charge in [0.15, 0.2) is 0 Å². The van der Waals surface area contributed by atoms with Gasteiger partial charge in [-0.25, -0.2) is 4.98 Å². The summed E-state index contributed by atoms with van der Waals surface area (Å²) in [6, 6.07) is 15.5. The molecule has 2 heterocycles. The number of nitrogens with zero attached hydrogens (tertiary/aromatic N) is 3. The van der Waals surface area contributed by atoms with Gasteiger partial charge in [-0.2, -0.15) is 0 Å². The van der Waals surface area contributed by atoms with Crippen molar-refractivity contribution in [3.63, 3.8) is 0 Å². The molecule has 170 valence electrons. The van der Waals surface area contributed by atoms with Crippen LogP contribution < -0.4 is 10.6 Å². The fraction of sp³-hybridized carbons (Fsp3) is 0.167. The molecule has 0 atom stereocenters. The highest BCUT2D eigenvalue weighted by Crippen LogP contribution is 2.23. The Bertz CT molecular complexity index is 1200. The van der Waals surface area contributed by atoms with E-state index in [2.05, 4.69) is 41.4 Å². The van der Waals surface area contributed by atoms with Gasteiger partial charge < -0.3 is 15.5 Å². The number of carbonyl (C=O) groups is 2. The third kappa shape index (κ3) is 5.77. The van der Waals surface area contributed by atoms with Crippen molar-refractivity contribution < 1.29 is 9.59 Å². The van der Waals surface area contributed by atoms with E-state index in [0.717, 1.165) is 24.5 Å². The van der Waals surface area contributed by atoms with Gasteiger partial charge >= 0.3 is 0 Å². The molecule has 1 aliphatic heterocycles. The number of anilines is 2. The van der Waals surface area contributed by atoms with Crippen molar-refractivity contribution in [1.82, 2.24) is 9.88 Å². The highest BCUT2D eigenvalue weighted by molar-refractivity contribution is 9.10. The molecule has 0 radical (unpaired) electrons. The molecule has 0 unspecified atom stereocenters. The maximum Gasteiger partial charge on any atom is 0.258 e. The van der Waals surface area contributed by atoms with E-state index in [9.17, 15) is 9.59 Å². The molecule has 33 heavy (non-hydrogen) atoms. The molecule has 0 fully saturated rings. The number of amides is 2. The molecule has 0 aliphatic carbocycles. The Morgan fingerprint density at radius 3 is 2.42 bits per heavy atom. The van der Waals surface area contributed by atoms with Gasteiger partial charge in [0.1, 0.15) is 11.7 Å². The molecular formula is C24H23BrClN5O2. The number of rotatable bonds is 5. The molecule has 7 nitrogen and oxygen atoms in total. The van der Waals surface area contributed by atoms with Crippen molar-refractivity contribution in [3.8, 4) is 0 Å². The molecule has 2 amide bonds. The average molecular weight is 529 g/mol. The van der Waals surface area contributed by atoms with E-state index in [-0.39, 0.29) is 13.3 Å². The van der Waals surface area contributed by atoms with Crippen LogP contribution in [-0.4, -0.2) is 47.7 Å². The molecule has 0 bridgehead atoms. The van der Waals surface area contributed by atoms with Crippen LogP contribution in [-0.2, 0) is 0 Å². The second kappa shape index (κ2) is 10.6. The predicted molar refractivity (Wildman–Crippen MR) is 137 cm³/mol. The number of hydrogen-bond donors (Lipinski definition) is 2. The first-order chi connectivity index (χ1) is 15.4. The van der Waals surface area contributed by atoms with Crippen LogP contribution in [0.4, 0.5) is 11.5 Å². The van der Waals surface area contributed by atoms with Gasteiger partial charge in [-0.3, -0.25) is 14.6 Å². The molecule has 1 aliphatic rings. The van der Waals surface area contributed by atoms with Crippen LogP contribution in [0.1, 0.15) is 33.7 Å². The predicted octanol–water partition coefficient (Wildman–Crippen LogP) is 5.33. The SMILES string of the molecule is C.CN1CCN=C1c1ccc(C(=O)Nc2ccc(Br)cc2C(=O)Nc2ccc(Cl)cn2)cc1. The Morgan fingerprint density at radius 2 is 1.79 bits per heavy atom. The fourth-order valence-corrected chi connectivity index (χ4v) is 3.73. The summed E-state index contributed by atoms with van der Waals surface area (Å²) in [4.78, 5) is 36.3. The van der Waals surface area contributed by atoms with Crippen LogP contribution in [0.15, 0.2) is 70.3 Å². The third-order valence-electron chi connectivity index (χ3n) is 4.91. The summed E-state index contributed by atoms with van der Waals surface area (Å²) in [5.74, 6) is 0.542. The first-order valence-electron chi connectivity index (χ1n) is 9.80. The minimum absolute atomic E-state index is 0. The first-order valence-corrected chi connectivity index (χ1v) is 11.0. The van der Waals surface area contributed by atoms with Crippen LogP contribution >= 0.6 is 27.5 Å². The Morgan fingerprint density at radius 1 is 1.03 bits per heavy atom. The summed E-state index contributed by atoms with van der Waals surface area (Å²) >= 11 is 9.22. The molecular weight excluding hydrogens is 506 g/mol. The quantitative estimate of drug-likeness (QED) is 0.469. The minimum Gasteiger partial charge on any atom is -0.358 e. The number of nitrogens with one attached hydrogen (secondary N) is 2. The van der Waals surface area contributed by atoms with Gasteiger partial charge in [0.05, 0.1) is 22.8 Å². The summed E-state index contributed by atoms with van der Waals surface area (Å²) in [5, 5.41) is 6.00. The number of halogens is 2. The van der Waals surface area contributed by atoms with E-state index in [0.29, 0.717) is 32.1 Å². The molecule has 1 aromatic heterocycles. The zero-order valence-electron chi connectivity index (χ0n) is 17.1. The summed E-state index contributed by atoms with van der Waals surface area (Å²) in [5.41, 5.74) is 2.11. The lowest BCUT2D eigenvalue weighted by Crippen LogP contribution is -2.23. The molecule has 0 saturated carbocycles. The summed E-state index contributed by atoms with van der Waals surface area (Å²) in [6.07, 6.45) is 1.44. The lowest BCUT2D eigenvalue weighted by molar-refractivity contribution is 0.102. The summed E-state index contributed by atoms with van der Waals surface area (Å²) < 4.78 is 0.704. The van der Waals surface area contributed by atoms with Crippen molar-refractivity contribution in [2.75, 3.05) is 30.8 Å². The van der Waals surface area contributed by atoms with E-state index in [4.69, 9.17) is 11.6 Å². The number of carbonyl (C=O) groups excluding carboxylic acids is 2. The normalized spacial score (nSPS) is 12.6. The number of likely N-dealkylation sites (N-methyl/N-ethyl adjacent to an activating group) is 1. The van der Waals surface area contributed by atoms with Gasteiger partial charge in [-0.15, -0.1) is 0 Å².